The standard InChI is InChI=1S/C12H17ClN2O2S/c1-10-11(9-13)3-4-12(14-10)15-5-2-7-18(16,17)8-6-15/h3-4H,2,5-9H2,1H3. The van der Waals surface area contributed by atoms with Gasteiger partial charge in [0.25, 0.3) is 0 Å². The average Bonchev–Trinajstić information content (AvgIpc) is 2.50. The van der Waals surface area contributed by atoms with Gasteiger partial charge in [0.05, 0.1) is 11.5 Å². The lowest BCUT2D eigenvalue weighted by Gasteiger charge is -2.21. The van der Waals surface area contributed by atoms with Crippen LogP contribution in [0.3, 0.4) is 0 Å². The van der Waals surface area contributed by atoms with Crippen LogP contribution in [0.25, 0.3) is 0 Å². The molecule has 0 bridgehead atoms. The molecule has 0 aliphatic carbocycles. The third kappa shape index (κ3) is 3.14. The second kappa shape index (κ2) is 5.45. The van der Waals surface area contributed by atoms with E-state index in [9.17, 15) is 8.42 Å². The van der Waals surface area contributed by atoms with Crippen molar-refractivity contribution in [3.05, 3.63) is 23.4 Å². The maximum absolute atomic E-state index is 11.6. The van der Waals surface area contributed by atoms with Gasteiger partial charge in [-0.15, -0.1) is 11.6 Å². The van der Waals surface area contributed by atoms with Gasteiger partial charge in [0.1, 0.15) is 5.82 Å². The molecule has 1 aromatic heterocycles. The first-order valence-electron chi connectivity index (χ1n) is 6.00. The van der Waals surface area contributed by atoms with E-state index in [1.54, 1.807) is 0 Å². The van der Waals surface area contributed by atoms with Gasteiger partial charge in [-0.1, -0.05) is 6.07 Å². The summed E-state index contributed by atoms with van der Waals surface area (Å²) in [5, 5.41) is 0. The number of rotatable bonds is 2. The molecule has 0 N–H and O–H groups in total. The summed E-state index contributed by atoms with van der Waals surface area (Å²) in [7, 11) is -2.87. The van der Waals surface area contributed by atoms with E-state index in [0.29, 0.717) is 18.8 Å². The number of hydrogen-bond donors (Lipinski definition) is 0. The third-order valence-electron chi connectivity index (χ3n) is 3.20. The monoisotopic (exact) mass is 288 g/mol. The number of halogens is 1. The van der Waals surface area contributed by atoms with Crippen LogP contribution in [0.15, 0.2) is 12.1 Å². The van der Waals surface area contributed by atoms with Crippen molar-refractivity contribution in [1.82, 2.24) is 4.98 Å². The molecule has 0 amide bonds. The summed E-state index contributed by atoms with van der Waals surface area (Å²) in [6.45, 7) is 3.19. The molecule has 0 atom stereocenters. The molecule has 18 heavy (non-hydrogen) atoms. The Morgan fingerprint density at radius 2 is 2.11 bits per heavy atom. The van der Waals surface area contributed by atoms with Gasteiger partial charge in [-0.3, -0.25) is 0 Å². The molecule has 1 aromatic rings. The van der Waals surface area contributed by atoms with E-state index >= 15 is 0 Å². The number of pyridine rings is 1. The average molecular weight is 289 g/mol. The topological polar surface area (TPSA) is 50.3 Å². The Labute approximate surface area is 113 Å². The second-order valence-corrected chi connectivity index (χ2v) is 7.11. The molecule has 0 spiro atoms. The highest BCUT2D eigenvalue weighted by atomic mass is 35.5. The SMILES string of the molecule is Cc1nc(N2CCCS(=O)(=O)CC2)ccc1CCl. The molecule has 1 fully saturated rings. The van der Waals surface area contributed by atoms with Crippen LogP contribution in [0.5, 0.6) is 0 Å². The molecule has 6 heteroatoms. The van der Waals surface area contributed by atoms with Crippen molar-refractivity contribution in [3.63, 3.8) is 0 Å². The van der Waals surface area contributed by atoms with Crippen LogP contribution < -0.4 is 4.90 Å². The summed E-state index contributed by atoms with van der Waals surface area (Å²) in [6, 6.07) is 3.88. The zero-order valence-corrected chi connectivity index (χ0v) is 12.0. The molecule has 100 valence electrons. The first-order chi connectivity index (χ1) is 8.52. The van der Waals surface area contributed by atoms with E-state index in [4.69, 9.17) is 11.6 Å². The molecule has 1 saturated heterocycles. The smallest absolute Gasteiger partial charge is 0.152 e. The van der Waals surface area contributed by atoms with Gasteiger partial charge in [0.15, 0.2) is 9.84 Å². The van der Waals surface area contributed by atoms with Crippen molar-refractivity contribution in [1.29, 1.82) is 0 Å². The van der Waals surface area contributed by atoms with Gasteiger partial charge in [0, 0.05) is 24.7 Å². The Hall–Kier alpha value is -0.810. The van der Waals surface area contributed by atoms with Crippen LogP contribution >= 0.6 is 11.6 Å². The van der Waals surface area contributed by atoms with Gasteiger partial charge in [-0.2, -0.15) is 0 Å². The van der Waals surface area contributed by atoms with Gasteiger partial charge < -0.3 is 4.90 Å². The largest absolute Gasteiger partial charge is 0.356 e. The van der Waals surface area contributed by atoms with Crippen molar-refractivity contribution in [2.45, 2.75) is 19.2 Å². The predicted molar refractivity (Wildman–Crippen MR) is 74.0 cm³/mol. The molecule has 0 saturated carbocycles. The van der Waals surface area contributed by atoms with E-state index in [2.05, 4.69) is 4.98 Å². The number of aromatic nitrogens is 1. The summed E-state index contributed by atoms with van der Waals surface area (Å²) in [4.78, 5) is 6.54. The van der Waals surface area contributed by atoms with E-state index in [-0.39, 0.29) is 11.5 Å². The first kappa shape index (κ1) is 13.6. The zero-order chi connectivity index (χ0) is 13.2. The molecule has 2 heterocycles. The molecule has 2 rings (SSSR count). The summed E-state index contributed by atoms with van der Waals surface area (Å²) in [5.74, 6) is 1.79. The highest BCUT2D eigenvalue weighted by molar-refractivity contribution is 7.91. The van der Waals surface area contributed by atoms with Crippen LogP contribution in [-0.4, -0.2) is 38.0 Å². The van der Waals surface area contributed by atoms with Crippen molar-refractivity contribution >= 4 is 27.3 Å². The first-order valence-corrected chi connectivity index (χ1v) is 8.35. The Balaban J connectivity index is 2.19. The highest BCUT2D eigenvalue weighted by Gasteiger charge is 2.20. The third-order valence-corrected chi connectivity index (χ3v) is 5.21. The molecule has 1 aliphatic rings. The lowest BCUT2D eigenvalue weighted by Crippen LogP contribution is -2.27. The maximum Gasteiger partial charge on any atom is 0.152 e. The number of aryl methyl sites for hydroxylation is 1. The van der Waals surface area contributed by atoms with Gasteiger partial charge in [0.2, 0.25) is 0 Å². The van der Waals surface area contributed by atoms with Gasteiger partial charge in [-0.05, 0) is 25.0 Å². The fraction of sp³-hybridized carbons (Fsp3) is 0.583. The number of sulfone groups is 1. The Bertz CT molecular complexity index is 531. The van der Waals surface area contributed by atoms with Crippen LogP contribution in [0.1, 0.15) is 17.7 Å². The quantitative estimate of drug-likeness (QED) is 0.778. The summed E-state index contributed by atoms with van der Waals surface area (Å²) < 4.78 is 23.1. The van der Waals surface area contributed by atoms with E-state index < -0.39 is 9.84 Å². The molecule has 0 aromatic carbocycles. The molecular weight excluding hydrogens is 272 g/mol. The predicted octanol–water partition coefficient (Wildman–Crippen LogP) is 1.75. The van der Waals surface area contributed by atoms with Crippen molar-refractivity contribution in [2.24, 2.45) is 0 Å². The summed E-state index contributed by atoms with van der Waals surface area (Å²) >= 11 is 5.80. The minimum absolute atomic E-state index is 0.213. The second-order valence-electron chi connectivity index (χ2n) is 4.54. The molecule has 0 unspecified atom stereocenters. The van der Waals surface area contributed by atoms with E-state index in [0.717, 1.165) is 23.6 Å². The number of nitrogens with zero attached hydrogens (tertiary/aromatic N) is 2. The number of anilines is 1. The van der Waals surface area contributed by atoms with Crippen molar-refractivity contribution in [3.8, 4) is 0 Å². The van der Waals surface area contributed by atoms with Crippen molar-refractivity contribution < 1.29 is 8.42 Å². The molecule has 0 radical (unpaired) electrons. The number of alkyl halides is 1. The van der Waals surface area contributed by atoms with Crippen LogP contribution in [0.4, 0.5) is 5.82 Å². The molecular formula is C12H17ClN2O2S. The Morgan fingerprint density at radius 1 is 1.33 bits per heavy atom. The summed E-state index contributed by atoms with van der Waals surface area (Å²) in [5.41, 5.74) is 1.93. The fourth-order valence-corrected chi connectivity index (χ4v) is 3.62. The van der Waals surface area contributed by atoms with Crippen LogP contribution in [0.2, 0.25) is 0 Å². The highest BCUT2D eigenvalue weighted by Crippen LogP contribution is 2.18. The molecule has 4 nitrogen and oxygen atoms in total. The molecule has 1 aliphatic heterocycles. The number of hydrogen-bond acceptors (Lipinski definition) is 4. The van der Waals surface area contributed by atoms with Crippen LogP contribution in [0, 0.1) is 6.92 Å². The lowest BCUT2D eigenvalue weighted by molar-refractivity contribution is 0.597. The van der Waals surface area contributed by atoms with E-state index in [1.165, 1.54) is 0 Å². The van der Waals surface area contributed by atoms with Crippen LogP contribution in [-0.2, 0) is 15.7 Å². The zero-order valence-electron chi connectivity index (χ0n) is 10.4. The van der Waals surface area contributed by atoms with Gasteiger partial charge in [-0.25, -0.2) is 13.4 Å². The Morgan fingerprint density at radius 3 is 2.78 bits per heavy atom. The lowest BCUT2D eigenvalue weighted by atomic mass is 10.2. The fourth-order valence-electron chi connectivity index (χ4n) is 2.06. The summed E-state index contributed by atoms with van der Waals surface area (Å²) in [6.07, 6.45) is 0.667. The van der Waals surface area contributed by atoms with E-state index in [1.807, 2.05) is 24.0 Å². The van der Waals surface area contributed by atoms with Gasteiger partial charge >= 0.3 is 0 Å². The minimum Gasteiger partial charge on any atom is -0.356 e. The Kier molecular flexibility index (Phi) is 4.12. The minimum atomic E-state index is -2.87. The maximum atomic E-state index is 11.6. The van der Waals surface area contributed by atoms with Crippen molar-refractivity contribution in [2.75, 3.05) is 29.5 Å². The normalized spacial score (nSPS) is 19.6.